The predicted molar refractivity (Wildman–Crippen MR) is 71.7 cm³/mol. The van der Waals surface area contributed by atoms with Crippen LogP contribution < -0.4 is 4.90 Å². The maximum Gasteiger partial charge on any atom is 0.197 e. The van der Waals surface area contributed by atoms with E-state index in [9.17, 15) is 0 Å². The van der Waals surface area contributed by atoms with Crippen molar-refractivity contribution in [2.24, 2.45) is 0 Å². The van der Waals surface area contributed by atoms with Gasteiger partial charge in [-0.15, -0.1) is 0 Å². The van der Waals surface area contributed by atoms with Gasteiger partial charge in [0, 0.05) is 13.1 Å². The number of rotatable bonds is 2. The summed E-state index contributed by atoms with van der Waals surface area (Å²) in [5, 5.41) is 4.37. The Morgan fingerprint density at radius 2 is 2.00 bits per heavy atom. The molecule has 0 atom stereocenters. The van der Waals surface area contributed by atoms with E-state index in [1.165, 1.54) is 19.3 Å². The first kappa shape index (κ1) is 11.2. The maximum absolute atomic E-state index is 4.57. The summed E-state index contributed by atoms with van der Waals surface area (Å²) in [5.41, 5.74) is 1.67. The number of aryl methyl sites for hydroxylation is 1. The van der Waals surface area contributed by atoms with E-state index in [2.05, 4.69) is 26.5 Å². The normalized spacial score (nSPS) is 16.2. The van der Waals surface area contributed by atoms with Gasteiger partial charge in [0.15, 0.2) is 11.5 Å². The Morgan fingerprint density at radius 3 is 2.72 bits per heavy atom. The molecule has 18 heavy (non-hydrogen) atoms. The zero-order valence-corrected chi connectivity index (χ0v) is 10.6. The lowest BCUT2D eigenvalue weighted by atomic mass is 10.1. The van der Waals surface area contributed by atoms with Crippen molar-refractivity contribution in [3.8, 4) is 0 Å². The summed E-state index contributed by atoms with van der Waals surface area (Å²) >= 11 is 0. The van der Waals surface area contributed by atoms with E-state index in [1.807, 2.05) is 17.6 Å². The van der Waals surface area contributed by atoms with Crippen molar-refractivity contribution in [3.63, 3.8) is 0 Å². The second-order valence-electron chi connectivity index (χ2n) is 4.67. The van der Waals surface area contributed by atoms with Crippen LogP contribution in [0.15, 0.2) is 12.8 Å². The fourth-order valence-electron chi connectivity index (χ4n) is 2.42. The number of anilines is 1. The number of imidazole rings is 1. The highest BCUT2D eigenvalue weighted by Gasteiger charge is 2.18. The SMILES string of the molecule is C=Cc1cn2nc(C)nc(N3CCCCC3)c2n1. The molecule has 0 bridgehead atoms. The van der Waals surface area contributed by atoms with Crippen molar-refractivity contribution in [1.82, 2.24) is 19.6 Å². The molecule has 0 unspecified atom stereocenters. The molecule has 1 aliphatic heterocycles. The maximum atomic E-state index is 4.57. The van der Waals surface area contributed by atoms with Gasteiger partial charge in [-0.1, -0.05) is 6.58 Å². The molecular formula is C13H17N5. The topological polar surface area (TPSA) is 46.3 Å². The van der Waals surface area contributed by atoms with Crippen LogP contribution in [0.25, 0.3) is 11.7 Å². The average molecular weight is 243 g/mol. The monoisotopic (exact) mass is 243 g/mol. The first-order valence-corrected chi connectivity index (χ1v) is 6.39. The van der Waals surface area contributed by atoms with Gasteiger partial charge in [0.05, 0.1) is 11.9 Å². The highest BCUT2D eigenvalue weighted by molar-refractivity contribution is 5.66. The summed E-state index contributed by atoms with van der Waals surface area (Å²) in [7, 11) is 0. The molecule has 1 fully saturated rings. The van der Waals surface area contributed by atoms with Crippen molar-refractivity contribution in [2.75, 3.05) is 18.0 Å². The minimum Gasteiger partial charge on any atom is -0.353 e. The molecule has 3 rings (SSSR count). The summed E-state index contributed by atoms with van der Waals surface area (Å²) in [6.45, 7) is 7.79. The minimum absolute atomic E-state index is 0.774. The third-order valence-corrected chi connectivity index (χ3v) is 3.29. The lowest BCUT2D eigenvalue weighted by molar-refractivity contribution is 0.571. The van der Waals surface area contributed by atoms with E-state index in [0.29, 0.717) is 0 Å². The van der Waals surface area contributed by atoms with Gasteiger partial charge in [-0.25, -0.2) is 14.5 Å². The van der Waals surface area contributed by atoms with Gasteiger partial charge in [0.2, 0.25) is 0 Å². The summed E-state index contributed by atoms with van der Waals surface area (Å²) in [6, 6.07) is 0. The molecule has 94 valence electrons. The predicted octanol–water partition coefficient (Wildman–Crippen LogP) is 2.07. The Hall–Kier alpha value is -1.91. The van der Waals surface area contributed by atoms with E-state index in [1.54, 1.807) is 6.08 Å². The van der Waals surface area contributed by atoms with Gasteiger partial charge in [-0.05, 0) is 32.3 Å². The van der Waals surface area contributed by atoms with Crippen molar-refractivity contribution in [3.05, 3.63) is 24.3 Å². The molecule has 1 aliphatic rings. The summed E-state index contributed by atoms with van der Waals surface area (Å²) < 4.78 is 1.81. The summed E-state index contributed by atoms with van der Waals surface area (Å²) in [4.78, 5) is 11.4. The van der Waals surface area contributed by atoms with Crippen LogP contribution in [0.4, 0.5) is 5.82 Å². The molecule has 0 amide bonds. The Bertz CT molecular complexity index is 580. The Kier molecular flexibility index (Phi) is 2.74. The Labute approximate surface area is 106 Å². The van der Waals surface area contributed by atoms with E-state index in [0.717, 1.165) is 36.1 Å². The standard InChI is InChI=1S/C13H17N5/c1-3-11-9-18-13(15-11)12(14-10(2)16-18)17-7-5-4-6-8-17/h3,9H,1,4-8H2,2H3. The number of nitrogens with zero attached hydrogens (tertiary/aromatic N) is 5. The van der Waals surface area contributed by atoms with Crippen LogP contribution in [-0.4, -0.2) is 32.7 Å². The molecule has 2 aromatic rings. The van der Waals surface area contributed by atoms with Crippen LogP contribution in [0.5, 0.6) is 0 Å². The van der Waals surface area contributed by atoms with Gasteiger partial charge >= 0.3 is 0 Å². The van der Waals surface area contributed by atoms with Crippen molar-refractivity contribution >= 4 is 17.5 Å². The third kappa shape index (κ3) is 1.85. The summed E-state index contributed by atoms with van der Waals surface area (Å²) in [5.74, 6) is 1.73. The number of aromatic nitrogens is 4. The second-order valence-corrected chi connectivity index (χ2v) is 4.67. The number of fused-ring (bicyclic) bond motifs is 1. The van der Waals surface area contributed by atoms with Crippen LogP contribution in [-0.2, 0) is 0 Å². The molecule has 2 aromatic heterocycles. The third-order valence-electron chi connectivity index (χ3n) is 3.29. The first-order chi connectivity index (χ1) is 8.78. The van der Waals surface area contributed by atoms with Gasteiger partial charge in [0.25, 0.3) is 0 Å². The molecule has 0 saturated carbocycles. The van der Waals surface area contributed by atoms with E-state index in [-0.39, 0.29) is 0 Å². The lowest BCUT2D eigenvalue weighted by Crippen LogP contribution is -2.31. The largest absolute Gasteiger partial charge is 0.353 e. The van der Waals surface area contributed by atoms with Gasteiger partial charge in [0.1, 0.15) is 5.82 Å². The van der Waals surface area contributed by atoms with Crippen LogP contribution in [0.2, 0.25) is 0 Å². The molecule has 0 N–H and O–H groups in total. The van der Waals surface area contributed by atoms with Crippen molar-refractivity contribution < 1.29 is 0 Å². The molecule has 1 saturated heterocycles. The Morgan fingerprint density at radius 1 is 1.22 bits per heavy atom. The quantitative estimate of drug-likeness (QED) is 0.810. The van der Waals surface area contributed by atoms with E-state index < -0.39 is 0 Å². The molecule has 5 heteroatoms. The van der Waals surface area contributed by atoms with Crippen LogP contribution in [0, 0.1) is 6.92 Å². The lowest BCUT2D eigenvalue weighted by Gasteiger charge is -2.27. The highest BCUT2D eigenvalue weighted by Crippen LogP contribution is 2.22. The zero-order valence-electron chi connectivity index (χ0n) is 10.6. The van der Waals surface area contributed by atoms with Crippen LogP contribution in [0.3, 0.4) is 0 Å². The minimum atomic E-state index is 0.774. The Balaban J connectivity index is 2.13. The fourth-order valence-corrected chi connectivity index (χ4v) is 2.42. The number of piperidine rings is 1. The van der Waals surface area contributed by atoms with Gasteiger partial charge in [-0.2, -0.15) is 5.10 Å². The fraction of sp³-hybridized carbons (Fsp3) is 0.462. The molecule has 0 radical (unpaired) electrons. The van der Waals surface area contributed by atoms with Crippen LogP contribution >= 0.6 is 0 Å². The zero-order chi connectivity index (χ0) is 12.5. The molecule has 0 aliphatic carbocycles. The van der Waals surface area contributed by atoms with E-state index >= 15 is 0 Å². The molecule has 0 aromatic carbocycles. The second kappa shape index (κ2) is 4.40. The van der Waals surface area contributed by atoms with Crippen LogP contribution in [0.1, 0.15) is 30.8 Å². The highest BCUT2D eigenvalue weighted by atomic mass is 15.3. The summed E-state index contributed by atoms with van der Waals surface area (Å²) in [6.07, 6.45) is 7.39. The average Bonchev–Trinajstić information content (AvgIpc) is 2.81. The smallest absolute Gasteiger partial charge is 0.197 e. The molecule has 5 nitrogen and oxygen atoms in total. The number of hydrogen-bond acceptors (Lipinski definition) is 4. The van der Waals surface area contributed by atoms with Gasteiger partial charge in [-0.3, -0.25) is 0 Å². The molecular weight excluding hydrogens is 226 g/mol. The molecule has 0 spiro atoms. The van der Waals surface area contributed by atoms with E-state index in [4.69, 9.17) is 0 Å². The number of hydrogen-bond donors (Lipinski definition) is 0. The molecule has 3 heterocycles. The van der Waals surface area contributed by atoms with Gasteiger partial charge < -0.3 is 4.90 Å². The van der Waals surface area contributed by atoms with Crippen molar-refractivity contribution in [2.45, 2.75) is 26.2 Å². The van der Waals surface area contributed by atoms with Crippen molar-refractivity contribution in [1.29, 1.82) is 0 Å². The first-order valence-electron chi connectivity index (χ1n) is 6.39.